The molecule has 0 saturated heterocycles. The first-order valence-corrected chi connectivity index (χ1v) is 11.8. The fourth-order valence-electron chi connectivity index (χ4n) is 2.40. The van der Waals surface area contributed by atoms with E-state index in [9.17, 15) is 13.2 Å². The highest BCUT2D eigenvalue weighted by Gasteiger charge is 2.17. The number of sulfonamides is 1. The molecule has 28 heavy (non-hydrogen) atoms. The lowest BCUT2D eigenvalue weighted by Crippen LogP contribution is -2.28. The van der Waals surface area contributed by atoms with Crippen molar-refractivity contribution >= 4 is 50.9 Å². The predicted octanol–water partition coefficient (Wildman–Crippen LogP) is 4.35. The molecule has 5 nitrogen and oxygen atoms in total. The van der Waals surface area contributed by atoms with Crippen LogP contribution in [0.25, 0.3) is 0 Å². The van der Waals surface area contributed by atoms with Crippen LogP contribution >= 0.6 is 35.0 Å². The number of nitrogens with zero attached hydrogens (tertiary/aromatic N) is 1. The van der Waals surface area contributed by atoms with Crippen molar-refractivity contribution in [2.75, 3.05) is 19.8 Å². The minimum absolute atomic E-state index is 0.104. The Morgan fingerprint density at radius 3 is 2.36 bits per heavy atom. The molecule has 1 N–H and O–H groups in total. The first-order chi connectivity index (χ1) is 13.1. The minimum atomic E-state index is -3.46. The Bertz CT molecular complexity index is 933. The highest BCUT2D eigenvalue weighted by atomic mass is 35.5. The van der Waals surface area contributed by atoms with Gasteiger partial charge in [-0.1, -0.05) is 41.4 Å². The fraction of sp³-hybridized carbons (Fsp3) is 0.316. The summed E-state index contributed by atoms with van der Waals surface area (Å²) in [6.07, 6.45) is 0. The molecule has 1 atom stereocenters. The van der Waals surface area contributed by atoms with Gasteiger partial charge in [-0.2, -0.15) is 0 Å². The molecule has 0 aliphatic carbocycles. The second-order valence-electron chi connectivity index (χ2n) is 6.37. The van der Waals surface area contributed by atoms with Gasteiger partial charge in [0.2, 0.25) is 15.9 Å². The van der Waals surface area contributed by atoms with Crippen LogP contribution in [0.2, 0.25) is 10.0 Å². The van der Waals surface area contributed by atoms with Crippen LogP contribution < -0.4 is 5.32 Å². The summed E-state index contributed by atoms with van der Waals surface area (Å²) < 4.78 is 25.4. The van der Waals surface area contributed by atoms with Gasteiger partial charge in [-0.15, -0.1) is 11.8 Å². The Morgan fingerprint density at radius 2 is 1.79 bits per heavy atom. The molecule has 152 valence electrons. The molecule has 0 heterocycles. The standard InChI is InChI=1S/C19H22Cl2N2O3S2/c1-13(14-5-8-17(9-6-14)28(25,26)23(2)3)22-19(24)12-27-11-15-4-7-16(20)10-18(15)21/h4-10,13H,11-12H2,1-3H3,(H,22,24). The second-order valence-corrected chi connectivity index (χ2v) is 10.4. The maximum atomic E-state index is 12.2. The van der Waals surface area contributed by atoms with Crippen molar-refractivity contribution < 1.29 is 13.2 Å². The summed E-state index contributed by atoms with van der Waals surface area (Å²) in [4.78, 5) is 12.4. The van der Waals surface area contributed by atoms with Crippen molar-refractivity contribution in [2.45, 2.75) is 23.6 Å². The number of rotatable bonds is 8. The third kappa shape index (κ3) is 6.12. The molecule has 2 aromatic rings. The number of thioether (sulfide) groups is 1. The van der Waals surface area contributed by atoms with Crippen molar-refractivity contribution in [3.05, 3.63) is 63.6 Å². The van der Waals surface area contributed by atoms with Gasteiger partial charge in [-0.05, 0) is 42.3 Å². The van der Waals surface area contributed by atoms with Crippen molar-refractivity contribution in [1.82, 2.24) is 9.62 Å². The van der Waals surface area contributed by atoms with E-state index in [0.717, 1.165) is 15.4 Å². The molecule has 2 rings (SSSR count). The minimum Gasteiger partial charge on any atom is -0.349 e. The average Bonchev–Trinajstić information content (AvgIpc) is 2.63. The zero-order chi connectivity index (χ0) is 20.9. The summed E-state index contributed by atoms with van der Waals surface area (Å²) in [6.45, 7) is 1.86. The van der Waals surface area contributed by atoms with E-state index in [1.165, 1.54) is 25.9 Å². The Hall–Kier alpha value is -1.25. The van der Waals surface area contributed by atoms with E-state index in [0.29, 0.717) is 15.8 Å². The molecule has 0 aliphatic heterocycles. The number of hydrogen-bond acceptors (Lipinski definition) is 4. The number of amides is 1. The van der Waals surface area contributed by atoms with Gasteiger partial charge in [0.05, 0.1) is 16.7 Å². The maximum absolute atomic E-state index is 12.2. The van der Waals surface area contributed by atoms with Crippen LogP contribution in [0.5, 0.6) is 0 Å². The molecule has 0 fully saturated rings. The van der Waals surface area contributed by atoms with Crippen LogP contribution in [0.1, 0.15) is 24.1 Å². The molecular formula is C19H22Cl2N2O3S2. The molecule has 0 spiro atoms. The number of carbonyl (C=O) groups excluding carboxylic acids is 1. The van der Waals surface area contributed by atoms with Crippen molar-refractivity contribution in [2.24, 2.45) is 0 Å². The first-order valence-electron chi connectivity index (χ1n) is 8.45. The molecule has 0 aromatic heterocycles. The van der Waals surface area contributed by atoms with E-state index >= 15 is 0 Å². The molecule has 2 aromatic carbocycles. The van der Waals surface area contributed by atoms with Gasteiger partial charge < -0.3 is 5.32 Å². The topological polar surface area (TPSA) is 66.5 Å². The highest BCUT2D eigenvalue weighted by Crippen LogP contribution is 2.25. The zero-order valence-electron chi connectivity index (χ0n) is 15.8. The van der Waals surface area contributed by atoms with E-state index < -0.39 is 10.0 Å². The van der Waals surface area contributed by atoms with Crippen LogP contribution in [0, 0.1) is 0 Å². The van der Waals surface area contributed by atoms with Gasteiger partial charge >= 0.3 is 0 Å². The molecule has 0 bridgehead atoms. The lowest BCUT2D eigenvalue weighted by Gasteiger charge is -2.16. The van der Waals surface area contributed by atoms with Gasteiger partial charge in [0.15, 0.2) is 0 Å². The second kappa shape index (κ2) is 9.98. The molecule has 9 heteroatoms. The van der Waals surface area contributed by atoms with Crippen molar-refractivity contribution in [3.8, 4) is 0 Å². The normalized spacial score (nSPS) is 12.8. The summed E-state index contributed by atoms with van der Waals surface area (Å²) in [6, 6.07) is 11.6. The van der Waals surface area contributed by atoms with E-state index in [1.54, 1.807) is 36.4 Å². The van der Waals surface area contributed by atoms with Gasteiger partial charge in [0.25, 0.3) is 0 Å². The van der Waals surface area contributed by atoms with Crippen LogP contribution in [0.15, 0.2) is 47.4 Å². The quantitative estimate of drug-likeness (QED) is 0.635. The number of benzene rings is 2. The van der Waals surface area contributed by atoms with Gasteiger partial charge in [-0.3, -0.25) is 4.79 Å². The van der Waals surface area contributed by atoms with Crippen molar-refractivity contribution in [1.29, 1.82) is 0 Å². The summed E-state index contributed by atoms with van der Waals surface area (Å²) in [7, 11) is -0.489. The molecule has 0 aliphatic rings. The van der Waals surface area contributed by atoms with Crippen LogP contribution in [0.4, 0.5) is 0 Å². The molecule has 0 radical (unpaired) electrons. The van der Waals surface area contributed by atoms with Crippen LogP contribution in [-0.2, 0) is 20.6 Å². The molecule has 0 saturated carbocycles. The largest absolute Gasteiger partial charge is 0.349 e. The van der Waals surface area contributed by atoms with Crippen molar-refractivity contribution in [3.63, 3.8) is 0 Å². The highest BCUT2D eigenvalue weighted by molar-refractivity contribution is 7.99. The van der Waals surface area contributed by atoms with Gasteiger partial charge in [0.1, 0.15) is 0 Å². The monoisotopic (exact) mass is 460 g/mol. The average molecular weight is 461 g/mol. The summed E-state index contributed by atoms with van der Waals surface area (Å²) >= 11 is 13.5. The van der Waals surface area contributed by atoms with E-state index in [-0.39, 0.29) is 22.6 Å². The maximum Gasteiger partial charge on any atom is 0.242 e. The van der Waals surface area contributed by atoms with E-state index in [2.05, 4.69) is 5.32 Å². The van der Waals surface area contributed by atoms with Crippen LogP contribution in [-0.4, -0.2) is 38.5 Å². The lowest BCUT2D eigenvalue weighted by atomic mass is 10.1. The fourth-order valence-corrected chi connectivity index (χ4v) is 4.70. The third-order valence-electron chi connectivity index (χ3n) is 4.04. The summed E-state index contributed by atoms with van der Waals surface area (Å²) in [5, 5.41) is 4.08. The first kappa shape index (κ1) is 23.0. The smallest absolute Gasteiger partial charge is 0.242 e. The van der Waals surface area contributed by atoms with Gasteiger partial charge in [0, 0.05) is 29.9 Å². The molecule has 1 amide bonds. The zero-order valence-corrected chi connectivity index (χ0v) is 18.9. The van der Waals surface area contributed by atoms with E-state index in [1.807, 2.05) is 13.0 Å². The Kier molecular flexibility index (Phi) is 8.21. The number of halogens is 2. The predicted molar refractivity (Wildman–Crippen MR) is 116 cm³/mol. The summed E-state index contributed by atoms with van der Waals surface area (Å²) in [5.41, 5.74) is 1.76. The number of nitrogens with one attached hydrogen (secondary N) is 1. The summed E-state index contributed by atoms with van der Waals surface area (Å²) in [5.74, 6) is 0.790. The van der Waals surface area contributed by atoms with Crippen LogP contribution in [0.3, 0.4) is 0 Å². The number of carbonyl (C=O) groups is 1. The Morgan fingerprint density at radius 1 is 1.14 bits per heavy atom. The number of hydrogen-bond donors (Lipinski definition) is 1. The lowest BCUT2D eigenvalue weighted by molar-refractivity contribution is -0.119. The Labute approximate surface area is 180 Å². The third-order valence-corrected chi connectivity index (χ3v) is 7.44. The Balaban J connectivity index is 1.88. The van der Waals surface area contributed by atoms with Gasteiger partial charge in [-0.25, -0.2) is 12.7 Å². The SMILES string of the molecule is CC(NC(=O)CSCc1ccc(Cl)cc1Cl)c1ccc(S(=O)(=O)N(C)C)cc1. The molecule has 1 unspecified atom stereocenters. The van der Waals surface area contributed by atoms with E-state index in [4.69, 9.17) is 23.2 Å². The molecular weight excluding hydrogens is 439 g/mol.